The fraction of sp³-hybridized carbons (Fsp3) is 0.250. The van der Waals surface area contributed by atoms with Crippen molar-refractivity contribution in [3.05, 3.63) is 24.2 Å². The van der Waals surface area contributed by atoms with Crippen molar-refractivity contribution in [2.24, 2.45) is 14.1 Å². The van der Waals surface area contributed by atoms with Crippen LogP contribution in [-0.4, -0.2) is 30.7 Å². The number of nitrogens with zero attached hydrogens (tertiary/aromatic N) is 5. The molecule has 0 unspecified atom stereocenters. The number of rotatable bonds is 2. The number of amides is 1. The molecule has 1 N–H and O–H groups in total. The van der Waals surface area contributed by atoms with Gasteiger partial charge in [0.1, 0.15) is 5.82 Å². The van der Waals surface area contributed by atoms with Crippen molar-refractivity contribution in [3.63, 3.8) is 0 Å². The zero-order valence-electron chi connectivity index (χ0n) is 8.38. The molecule has 2 heterocycles. The molecule has 0 radical (unpaired) electrons. The molecule has 0 saturated carbocycles. The molecular weight excluding hydrogens is 196 g/mol. The highest BCUT2D eigenvalue weighted by atomic mass is 16.2. The van der Waals surface area contributed by atoms with Gasteiger partial charge in [0, 0.05) is 20.2 Å². The van der Waals surface area contributed by atoms with E-state index in [9.17, 15) is 4.79 Å². The van der Waals surface area contributed by atoms with E-state index in [0.29, 0.717) is 5.82 Å². The van der Waals surface area contributed by atoms with Crippen molar-refractivity contribution >= 4 is 11.7 Å². The number of aryl methyl sites for hydroxylation is 2. The Morgan fingerprint density at radius 1 is 1.47 bits per heavy atom. The molecule has 7 nitrogen and oxygen atoms in total. The van der Waals surface area contributed by atoms with Gasteiger partial charge in [0.25, 0.3) is 5.91 Å². The maximum atomic E-state index is 11.6. The molecule has 0 spiro atoms. The molecule has 15 heavy (non-hydrogen) atoms. The van der Waals surface area contributed by atoms with Crippen LogP contribution in [0.25, 0.3) is 0 Å². The topological polar surface area (TPSA) is 77.6 Å². The minimum atomic E-state index is -0.299. The lowest BCUT2D eigenvalue weighted by atomic mass is 10.4. The van der Waals surface area contributed by atoms with E-state index in [0.717, 1.165) is 0 Å². The van der Waals surface area contributed by atoms with Crippen molar-refractivity contribution < 1.29 is 4.79 Å². The Morgan fingerprint density at radius 3 is 2.80 bits per heavy atom. The largest absolute Gasteiger partial charge is 0.305 e. The maximum absolute atomic E-state index is 11.6. The second-order valence-electron chi connectivity index (χ2n) is 3.07. The van der Waals surface area contributed by atoms with Crippen LogP contribution in [0, 0.1) is 0 Å². The van der Waals surface area contributed by atoms with Crippen LogP contribution in [0.1, 0.15) is 10.5 Å². The van der Waals surface area contributed by atoms with E-state index in [1.807, 2.05) is 0 Å². The Bertz CT molecular complexity index is 485. The molecule has 2 aromatic heterocycles. The van der Waals surface area contributed by atoms with Gasteiger partial charge in [0.05, 0.1) is 12.4 Å². The number of anilines is 1. The molecule has 0 atom stereocenters. The third-order valence-electron chi connectivity index (χ3n) is 1.90. The Kier molecular flexibility index (Phi) is 2.20. The Morgan fingerprint density at radius 2 is 2.27 bits per heavy atom. The minimum absolute atomic E-state index is 0.277. The molecule has 0 aliphatic carbocycles. The molecule has 0 bridgehead atoms. The van der Waals surface area contributed by atoms with Gasteiger partial charge in [-0.3, -0.25) is 14.2 Å². The molecule has 78 valence electrons. The molecule has 0 aliphatic rings. The van der Waals surface area contributed by atoms with E-state index in [1.54, 1.807) is 37.2 Å². The van der Waals surface area contributed by atoms with E-state index in [2.05, 4.69) is 20.7 Å². The summed E-state index contributed by atoms with van der Waals surface area (Å²) in [4.78, 5) is 11.6. The zero-order chi connectivity index (χ0) is 10.8. The summed E-state index contributed by atoms with van der Waals surface area (Å²) >= 11 is 0. The molecule has 0 aromatic carbocycles. The summed E-state index contributed by atoms with van der Waals surface area (Å²) in [5, 5.41) is 14.0. The summed E-state index contributed by atoms with van der Waals surface area (Å²) in [6.45, 7) is 0. The number of carbonyl (C=O) groups is 1. The number of carbonyl (C=O) groups excluding carboxylic acids is 1. The molecule has 0 fully saturated rings. The predicted octanol–water partition coefficient (Wildman–Crippen LogP) is -0.199. The lowest BCUT2D eigenvalue weighted by molar-refractivity contribution is 0.102. The van der Waals surface area contributed by atoms with Gasteiger partial charge in [-0.2, -0.15) is 5.10 Å². The van der Waals surface area contributed by atoms with Crippen molar-refractivity contribution in [1.82, 2.24) is 24.8 Å². The summed E-state index contributed by atoms with van der Waals surface area (Å²) < 4.78 is 3.03. The van der Waals surface area contributed by atoms with Gasteiger partial charge in [0.2, 0.25) is 0 Å². The third kappa shape index (κ3) is 1.85. The van der Waals surface area contributed by atoms with Crippen molar-refractivity contribution in [1.29, 1.82) is 0 Å². The van der Waals surface area contributed by atoms with Crippen molar-refractivity contribution in [2.75, 3.05) is 5.32 Å². The third-order valence-corrected chi connectivity index (χ3v) is 1.90. The number of hydrogen-bond acceptors (Lipinski definition) is 4. The molecule has 0 aliphatic heterocycles. The number of nitrogens with one attached hydrogen (secondary N) is 1. The van der Waals surface area contributed by atoms with E-state index < -0.39 is 0 Å². The first kappa shape index (κ1) is 9.38. The van der Waals surface area contributed by atoms with Gasteiger partial charge in [-0.25, -0.2) is 0 Å². The summed E-state index contributed by atoms with van der Waals surface area (Å²) in [7, 11) is 3.44. The Hall–Kier alpha value is -2.18. The van der Waals surface area contributed by atoms with Crippen LogP contribution in [0.4, 0.5) is 5.82 Å². The summed E-state index contributed by atoms with van der Waals surface area (Å²) in [5.41, 5.74) is 0.277. The van der Waals surface area contributed by atoms with Crippen LogP contribution >= 0.6 is 0 Å². The Labute approximate surface area is 85.7 Å². The van der Waals surface area contributed by atoms with Crippen LogP contribution in [0.15, 0.2) is 18.5 Å². The van der Waals surface area contributed by atoms with Crippen molar-refractivity contribution in [2.45, 2.75) is 0 Å². The van der Waals surface area contributed by atoms with Crippen LogP contribution < -0.4 is 5.32 Å². The van der Waals surface area contributed by atoms with Crippen LogP contribution in [0.2, 0.25) is 0 Å². The van der Waals surface area contributed by atoms with Gasteiger partial charge in [-0.15, -0.1) is 5.10 Å². The van der Waals surface area contributed by atoms with E-state index in [4.69, 9.17) is 0 Å². The first-order chi connectivity index (χ1) is 7.16. The monoisotopic (exact) mass is 206 g/mol. The number of aromatic nitrogens is 5. The maximum Gasteiger partial charge on any atom is 0.278 e. The fourth-order valence-electron chi connectivity index (χ4n) is 1.13. The van der Waals surface area contributed by atoms with Gasteiger partial charge in [-0.1, -0.05) is 5.21 Å². The predicted molar refractivity (Wildman–Crippen MR) is 52.2 cm³/mol. The van der Waals surface area contributed by atoms with E-state index >= 15 is 0 Å². The quantitative estimate of drug-likeness (QED) is 0.738. The average Bonchev–Trinajstić information content (AvgIpc) is 2.77. The second kappa shape index (κ2) is 3.52. The lowest BCUT2D eigenvalue weighted by Gasteiger charge is -2.01. The molecule has 1 amide bonds. The zero-order valence-corrected chi connectivity index (χ0v) is 8.38. The highest BCUT2D eigenvalue weighted by Crippen LogP contribution is 2.05. The minimum Gasteiger partial charge on any atom is -0.305 e. The van der Waals surface area contributed by atoms with Crippen LogP contribution in [0.5, 0.6) is 0 Å². The first-order valence-electron chi connectivity index (χ1n) is 4.32. The molecule has 2 rings (SSSR count). The van der Waals surface area contributed by atoms with Gasteiger partial charge in [-0.05, 0) is 0 Å². The average molecular weight is 206 g/mol. The van der Waals surface area contributed by atoms with Crippen LogP contribution in [-0.2, 0) is 14.1 Å². The molecule has 0 saturated heterocycles. The first-order valence-corrected chi connectivity index (χ1v) is 4.32. The standard InChI is InChI=1S/C8H10N6O/c1-13-5-6(11-12-13)8(15)10-7-3-4-9-14(7)2/h3-5H,1-2H3,(H,10,15). The van der Waals surface area contributed by atoms with Gasteiger partial charge in [0.15, 0.2) is 5.69 Å². The summed E-state index contributed by atoms with van der Waals surface area (Å²) in [6, 6.07) is 1.70. The van der Waals surface area contributed by atoms with E-state index in [1.165, 1.54) is 4.68 Å². The SMILES string of the molecule is Cn1cc(C(=O)Nc2ccnn2C)nn1. The molecule has 7 heteroatoms. The highest BCUT2D eigenvalue weighted by Gasteiger charge is 2.11. The van der Waals surface area contributed by atoms with E-state index in [-0.39, 0.29) is 11.6 Å². The van der Waals surface area contributed by atoms with Crippen molar-refractivity contribution in [3.8, 4) is 0 Å². The number of hydrogen-bond donors (Lipinski definition) is 1. The van der Waals surface area contributed by atoms with Crippen LogP contribution in [0.3, 0.4) is 0 Å². The fourth-order valence-corrected chi connectivity index (χ4v) is 1.13. The van der Waals surface area contributed by atoms with Gasteiger partial charge >= 0.3 is 0 Å². The highest BCUT2D eigenvalue weighted by molar-refractivity contribution is 6.02. The normalized spacial score (nSPS) is 10.3. The molecular formula is C8H10N6O. The Balaban J connectivity index is 2.14. The van der Waals surface area contributed by atoms with Gasteiger partial charge < -0.3 is 5.32 Å². The summed E-state index contributed by atoms with van der Waals surface area (Å²) in [6.07, 6.45) is 3.15. The smallest absolute Gasteiger partial charge is 0.278 e. The summed E-state index contributed by atoms with van der Waals surface area (Å²) in [5.74, 6) is 0.317. The second-order valence-corrected chi connectivity index (χ2v) is 3.07. The lowest BCUT2D eigenvalue weighted by Crippen LogP contribution is -2.14. The molecule has 2 aromatic rings.